The minimum absolute atomic E-state index is 0.0758. The third-order valence-corrected chi connectivity index (χ3v) is 7.68. The van der Waals surface area contributed by atoms with Crippen LogP contribution in [0.3, 0.4) is 0 Å². The van der Waals surface area contributed by atoms with Crippen molar-refractivity contribution in [3.05, 3.63) is 77.0 Å². The summed E-state index contributed by atoms with van der Waals surface area (Å²) in [4.78, 5) is 30.0. The number of carbonyl (C=O) groups is 2. The van der Waals surface area contributed by atoms with Crippen LogP contribution < -0.4 is 5.32 Å². The van der Waals surface area contributed by atoms with Crippen molar-refractivity contribution in [3.8, 4) is 0 Å². The first-order valence-electron chi connectivity index (χ1n) is 12.4. The van der Waals surface area contributed by atoms with Gasteiger partial charge < -0.3 is 5.11 Å². The molecule has 3 heterocycles. The van der Waals surface area contributed by atoms with E-state index in [4.69, 9.17) is 0 Å². The summed E-state index contributed by atoms with van der Waals surface area (Å²) in [7, 11) is 0. The number of likely N-dealkylation sites (tertiary alicyclic amines) is 1. The van der Waals surface area contributed by atoms with Crippen LogP contribution in [0.25, 0.3) is 10.9 Å². The van der Waals surface area contributed by atoms with E-state index in [1.807, 2.05) is 0 Å². The number of rotatable bonds is 4. The number of carbonyl (C=O) groups excluding carboxylic acids is 2. The summed E-state index contributed by atoms with van der Waals surface area (Å²) in [6.07, 6.45) is -2.14. The number of piperidine rings is 2. The van der Waals surface area contributed by atoms with Gasteiger partial charge in [-0.3, -0.25) is 24.8 Å². The fourth-order valence-corrected chi connectivity index (χ4v) is 5.46. The zero-order chi connectivity index (χ0) is 27.3. The molecule has 1 aromatic heterocycles. The highest BCUT2D eigenvalue weighted by Gasteiger charge is 2.52. The first-order valence-corrected chi connectivity index (χ1v) is 12.4. The zero-order valence-electron chi connectivity index (χ0n) is 20.7. The fraction of sp³-hybridized carbons (Fsp3) is 0.393. The Balaban J connectivity index is 1.36. The van der Waals surface area contributed by atoms with Crippen molar-refractivity contribution < 1.29 is 32.3 Å². The number of nitrogens with zero attached hydrogens (tertiary/aromatic N) is 2. The summed E-state index contributed by atoms with van der Waals surface area (Å²) in [6.45, 7) is 1.81. The van der Waals surface area contributed by atoms with E-state index in [9.17, 15) is 27.9 Å². The summed E-state index contributed by atoms with van der Waals surface area (Å²) in [6, 6.07) is 11.6. The molecule has 3 aromatic rings. The summed E-state index contributed by atoms with van der Waals surface area (Å²) >= 11 is 0. The average molecular weight is 530 g/mol. The number of halogens is 4. The van der Waals surface area contributed by atoms with Gasteiger partial charge in [0.1, 0.15) is 5.60 Å². The molecule has 0 bridgehead atoms. The van der Waals surface area contributed by atoms with E-state index in [1.165, 1.54) is 19.1 Å². The molecule has 200 valence electrons. The largest absolute Gasteiger partial charge is 0.416 e. The van der Waals surface area contributed by atoms with Crippen molar-refractivity contribution in [2.24, 2.45) is 0 Å². The van der Waals surface area contributed by atoms with Gasteiger partial charge in [-0.2, -0.15) is 13.2 Å². The van der Waals surface area contributed by atoms with Gasteiger partial charge in [-0.15, -0.1) is 0 Å². The van der Waals surface area contributed by atoms with Crippen molar-refractivity contribution in [1.29, 1.82) is 0 Å². The van der Waals surface area contributed by atoms with Crippen LogP contribution in [0.5, 0.6) is 0 Å². The summed E-state index contributed by atoms with van der Waals surface area (Å²) in [5.74, 6) is -1.21. The maximum atomic E-state index is 16.1. The Bertz CT molecular complexity index is 1390. The highest BCUT2D eigenvalue weighted by atomic mass is 19.4. The topological polar surface area (TPSA) is 82.5 Å². The van der Waals surface area contributed by atoms with E-state index in [1.54, 1.807) is 35.4 Å². The monoisotopic (exact) mass is 529 g/mol. The Morgan fingerprint density at radius 2 is 1.87 bits per heavy atom. The molecular formula is C28H27F4N3O3. The van der Waals surface area contributed by atoms with Crippen LogP contribution in [0.15, 0.2) is 54.7 Å². The molecule has 2 fully saturated rings. The number of benzene rings is 2. The number of fused-ring (bicyclic) bond motifs is 1. The molecule has 2 aliphatic heterocycles. The first-order chi connectivity index (χ1) is 17.9. The Morgan fingerprint density at radius 1 is 1.13 bits per heavy atom. The van der Waals surface area contributed by atoms with Gasteiger partial charge in [0.25, 0.3) is 0 Å². The number of hydrogen-bond donors (Lipinski definition) is 2. The highest BCUT2D eigenvalue weighted by Crippen LogP contribution is 2.44. The number of pyridine rings is 1. The predicted octanol–water partition coefficient (Wildman–Crippen LogP) is 4.60. The fourth-order valence-electron chi connectivity index (χ4n) is 5.46. The zero-order valence-corrected chi connectivity index (χ0v) is 20.7. The van der Waals surface area contributed by atoms with E-state index in [2.05, 4.69) is 10.3 Å². The third kappa shape index (κ3) is 4.90. The van der Waals surface area contributed by atoms with Gasteiger partial charge in [0.2, 0.25) is 11.8 Å². The normalized spacial score (nSPS) is 26.9. The van der Waals surface area contributed by atoms with Crippen LogP contribution in [0.2, 0.25) is 0 Å². The van der Waals surface area contributed by atoms with Crippen LogP contribution in [0.4, 0.5) is 17.6 Å². The lowest BCUT2D eigenvalue weighted by Crippen LogP contribution is -2.58. The van der Waals surface area contributed by atoms with Crippen molar-refractivity contribution >= 4 is 22.7 Å². The smallest absolute Gasteiger partial charge is 0.382 e. The van der Waals surface area contributed by atoms with Gasteiger partial charge in [-0.1, -0.05) is 18.2 Å². The molecular weight excluding hydrogens is 502 g/mol. The third-order valence-electron chi connectivity index (χ3n) is 7.68. The van der Waals surface area contributed by atoms with E-state index < -0.39 is 28.9 Å². The van der Waals surface area contributed by atoms with Crippen molar-refractivity contribution in [3.63, 3.8) is 0 Å². The molecule has 0 aliphatic carbocycles. The van der Waals surface area contributed by atoms with Gasteiger partial charge in [0.05, 0.1) is 17.0 Å². The van der Waals surface area contributed by atoms with Crippen LogP contribution in [0, 0.1) is 0 Å². The number of aliphatic hydroxyl groups is 1. The van der Waals surface area contributed by atoms with Gasteiger partial charge >= 0.3 is 6.18 Å². The number of hydrogen-bond acceptors (Lipinski definition) is 5. The lowest BCUT2D eigenvalue weighted by atomic mass is 9.74. The summed E-state index contributed by atoms with van der Waals surface area (Å²) < 4.78 is 54.6. The van der Waals surface area contributed by atoms with Crippen LogP contribution in [-0.4, -0.2) is 45.6 Å². The lowest BCUT2D eigenvalue weighted by molar-refractivity contribution is -0.148. The number of imide groups is 1. The SMILES string of the molecule is C[C@]1(F)CN(Cc2ccc(C(F)(F)F)cc2)CC[C@]1(O)c1ccc2ncc(C3CCC(=O)NC3=O)cc2c1. The molecule has 38 heavy (non-hydrogen) atoms. The number of alkyl halides is 4. The Labute approximate surface area is 216 Å². The number of amides is 2. The van der Waals surface area contributed by atoms with Crippen molar-refractivity contribution in [1.82, 2.24) is 15.2 Å². The molecule has 0 radical (unpaired) electrons. The average Bonchev–Trinajstić information content (AvgIpc) is 2.85. The molecule has 2 amide bonds. The van der Waals surface area contributed by atoms with Crippen molar-refractivity contribution in [2.75, 3.05) is 13.1 Å². The molecule has 2 saturated heterocycles. The van der Waals surface area contributed by atoms with Crippen LogP contribution in [0.1, 0.15) is 54.4 Å². The molecule has 0 saturated carbocycles. The van der Waals surface area contributed by atoms with Gasteiger partial charge in [0.15, 0.2) is 5.67 Å². The Kier molecular flexibility index (Phi) is 6.51. The molecule has 2 N–H and O–H groups in total. The highest BCUT2D eigenvalue weighted by molar-refractivity contribution is 6.01. The standard InChI is InChI=1S/C28H27F4N3O3/c1-26(29)16-35(15-17-2-4-20(5-3-17)28(30,31)32)11-10-27(26,38)21-6-8-23-18(13-21)12-19(14-33-23)22-7-9-24(36)34-25(22)37/h2-6,8,12-14,22,38H,7,9-11,15-16H2,1H3,(H,34,36,37)/t22?,26-,27-/m0/s1. The van der Waals surface area contributed by atoms with E-state index >= 15 is 4.39 Å². The molecule has 2 aliphatic rings. The van der Waals surface area contributed by atoms with E-state index in [0.29, 0.717) is 40.6 Å². The Morgan fingerprint density at radius 3 is 2.53 bits per heavy atom. The second-order valence-electron chi connectivity index (χ2n) is 10.4. The maximum Gasteiger partial charge on any atom is 0.416 e. The minimum Gasteiger partial charge on any atom is -0.382 e. The van der Waals surface area contributed by atoms with Gasteiger partial charge in [0, 0.05) is 37.6 Å². The van der Waals surface area contributed by atoms with E-state index in [0.717, 1.165) is 12.1 Å². The molecule has 3 atom stereocenters. The predicted molar refractivity (Wildman–Crippen MR) is 132 cm³/mol. The molecule has 1 unspecified atom stereocenters. The number of nitrogens with one attached hydrogen (secondary N) is 1. The summed E-state index contributed by atoms with van der Waals surface area (Å²) in [5.41, 5.74) is -2.34. The second-order valence-corrected chi connectivity index (χ2v) is 10.4. The summed E-state index contributed by atoms with van der Waals surface area (Å²) in [5, 5.41) is 14.6. The van der Waals surface area contributed by atoms with Crippen molar-refractivity contribution in [2.45, 2.75) is 56.1 Å². The second kappa shape index (κ2) is 9.43. The molecule has 0 spiro atoms. The molecule has 2 aromatic carbocycles. The molecule has 10 heteroatoms. The molecule has 5 rings (SSSR count). The van der Waals surface area contributed by atoms with Crippen LogP contribution in [-0.2, 0) is 27.9 Å². The van der Waals surface area contributed by atoms with Gasteiger partial charge in [-0.25, -0.2) is 4.39 Å². The van der Waals surface area contributed by atoms with Gasteiger partial charge in [-0.05, 0) is 66.8 Å². The molecule has 6 nitrogen and oxygen atoms in total. The first kappa shape index (κ1) is 26.2. The minimum atomic E-state index is -4.42. The lowest BCUT2D eigenvalue weighted by Gasteiger charge is -2.47. The maximum absolute atomic E-state index is 16.1. The Hall–Kier alpha value is -3.37. The number of aromatic nitrogens is 1. The quantitative estimate of drug-likeness (QED) is 0.382. The van der Waals surface area contributed by atoms with E-state index in [-0.39, 0.29) is 37.7 Å². The van der Waals surface area contributed by atoms with Crippen LogP contribution >= 0.6 is 0 Å².